The van der Waals surface area contributed by atoms with Gasteiger partial charge in [0.1, 0.15) is 11.9 Å². The minimum atomic E-state index is -0.670. The van der Waals surface area contributed by atoms with Crippen molar-refractivity contribution in [2.45, 2.75) is 57.8 Å². The second-order valence-corrected chi connectivity index (χ2v) is 10.0. The average molecular weight is 498 g/mol. The minimum absolute atomic E-state index is 0.0500. The highest BCUT2D eigenvalue weighted by atomic mass is 19.1. The molecule has 4 aromatic rings. The Morgan fingerprint density at radius 2 is 1.49 bits per heavy atom. The van der Waals surface area contributed by atoms with Crippen LogP contribution in [-0.2, 0) is 16.1 Å². The van der Waals surface area contributed by atoms with Crippen LogP contribution >= 0.6 is 0 Å². The first-order valence-electron chi connectivity index (χ1n) is 12.9. The highest BCUT2D eigenvalue weighted by molar-refractivity contribution is 5.96. The summed E-state index contributed by atoms with van der Waals surface area (Å²) < 4.78 is 21.9. The number of aromatic nitrogens is 1. The van der Waals surface area contributed by atoms with Gasteiger partial charge in [0.05, 0.1) is 18.2 Å². The van der Waals surface area contributed by atoms with Gasteiger partial charge >= 0.3 is 5.97 Å². The fraction of sp³-hybridized carbons (Fsp3) is 0.281. The molecule has 2 atom stereocenters. The maximum atomic E-state index is 14.0. The molecule has 3 aromatic carbocycles. The van der Waals surface area contributed by atoms with E-state index in [0.717, 1.165) is 33.5 Å². The van der Waals surface area contributed by atoms with Crippen LogP contribution in [0.4, 0.5) is 4.39 Å². The Kier molecular flexibility index (Phi) is 7.24. The number of cyclic esters (lactones) is 1. The molecule has 5 rings (SSSR count). The standard InChI is InChI=1S/C32H32FNO3/c1-21(2)31-29(22-9-5-3-6-10-22)30(23-11-7-4-8-12-23)32(24-13-15-25(33)16-14-24)34(31)18-17-27-19-26(35)20-28(36)37-27/h3-16,21,26-27,35H,17-20H2,1-2H3/t26-,27-/m0/s1. The molecule has 1 N–H and O–H groups in total. The molecule has 0 bridgehead atoms. The first kappa shape index (κ1) is 25.0. The summed E-state index contributed by atoms with van der Waals surface area (Å²) in [4.78, 5) is 12.0. The summed E-state index contributed by atoms with van der Waals surface area (Å²) in [5.41, 5.74) is 7.56. The van der Waals surface area contributed by atoms with Crippen molar-refractivity contribution in [1.82, 2.24) is 4.57 Å². The van der Waals surface area contributed by atoms with Crippen molar-refractivity contribution in [2.75, 3.05) is 0 Å². The summed E-state index contributed by atoms with van der Waals surface area (Å²) in [5.74, 6) is -0.445. The monoisotopic (exact) mass is 497 g/mol. The highest BCUT2D eigenvalue weighted by Gasteiger charge is 2.30. The molecular formula is C32H32FNO3. The summed E-state index contributed by atoms with van der Waals surface area (Å²) in [6.07, 6.45) is 0.0480. The largest absolute Gasteiger partial charge is 0.462 e. The minimum Gasteiger partial charge on any atom is -0.462 e. The van der Waals surface area contributed by atoms with E-state index in [-0.39, 0.29) is 30.2 Å². The zero-order valence-electron chi connectivity index (χ0n) is 21.2. The molecule has 0 unspecified atom stereocenters. The van der Waals surface area contributed by atoms with Gasteiger partial charge in [-0.3, -0.25) is 4.79 Å². The lowest BCUT2D eigenvalue weighted by Gasteiger charge is -2.27. The summed E-state index contributed by atoms with van der Waals surface area (Å²) in [6, 6.07) is 27.3. The Morgan fingerprint density at radius 1 is 0.892 bits per heavy atom. The van der Waals surface area contributed by atoms with Gasteiger partial charge in [-0.25, -0.2) is 4.39 Å². The van der Waals surface area contributed by atoms with Crippen molar-refractivity contribution in [3.05, 3.63) is 96.4 Å². The quantitative estimate of drug-likeness (QED) is 0.275. The smallest absolute Gasteiger partial charge is 0.308 e. The molecule has 1 aliphatic heterocycles. The molecule has 4 nitrogen and oxygen atoms in total. The molecule has 2 heterocycles. The average Bonchev–Trinajstić information content (AvgIpc) is 3.24. The molecule has 1 fully saturated rings. The van der Waals surface area contributed by atoms with E-state index >= 15 is 0 Å². The molecule has 37 heavy (non-hydrogen) atoms. The Bertz CT molecular complexity index is 1360. The molecule has 0 radical (unpaired) electrons. The number of aliphatic hydroxyl groups excluding tert-OH is 1. The first-order valence-corrected chi connectivity index (χ1v) is 12.9. The third-order valence-corrected chi connectivity index (χ3v) is 7.00. The van der Waals surface area contributed by atoms with Gasteiger partial charge in [0.2, 0.25) is 0 Å². The van der Waals surface area contributed by atoms with Gasteiger partial charge < -0.3 is 14.4 Å². The zero-order chi connectivity index (χ0) is 25.9. The Hall–Kier alpha value is -3.70. The summed E-state index contributed by atoms with van der Waals surface area (Å²) in [6.45, 7) is 4.97. The molecule has 0 spiro atoms. The van der Waals surface area contributed by atoms with Gasteiger partial charge in [0.15, 0.2) is 0 Å². The van der Waals surface area contributed by atoms with E-state index in [1.807, 2.05) is 48.5 Å². The number of benzene rings is 3. The topological polar surface area (TPSA) is 51.5 Å². The van der Waals surface area contributed by atoms with Crippen LogP contribution in [0.1, 0.15) is 44.7 Å². The molecule has 5 heteroatoms. The van der Waals surface area contributed by atoms with Gasteiger partial charge in [-0.2, -0.15) is 0 Å². The number of rotatable bonds is 7. The number of hydrogen-bond acceptors (Lipinski definition) is 3. The van der Waals surface area contributed by atoms with E-state index in [4.69, 9.17) is 4.74 Å². The predicted octanol–water partition coefficient (Wildman–Crippen LogP) is 7.21. The predicted molar refractivity (Wildman–Crippen MR) is 145 cm³/mol. The van der Waals surface area contributed by atoms with Gasteiger partial charge in [-0.05, 0) is 46.9 Å². The number of hydrogen-bond donors (Lipinski definition) is 1. The molecule has 1 saturated heterocycles. The van der Waals surface area contributed by atoms with Crippen LogP contribution in [0.25, 0.3) is 33.5 Å². The van der Waals surface area contributed by atoms with Crippen LogP contribution in [0.3, 0.4) is 0 Å². The van der Waals surface area contributed by atoms with Crippen molar-refractivity contribution in [3.8, 4) is 33.5 Å². The molecule has 190 valence electrons. The maximum absolute atomic E-state index is 14.0. The van der Waals surface area contributed by atoms with E-state index in [9.17, 15) is 14.3 Å². The van der Waals surface area contributed by atoms with Crippen molar-refractivity contribution in [3.63, 3.8) is 0 Å². The van der Waals surface area contributed by atoms with Crippen LogP contribution < -0.4 is 0 Å². The summed E-state index contributed by atoms with van der Waals surface area (Å²) >= 11 is 0. The van der Waals surface area contributed by atoms with E-state index < -0.39 is 6.10 Å². The number of carbonyl (C=O) groups excluding carboxylic acids is 1. The van der Waals surface area contributed by atoms with E-state index in [1.54, 1.807) is 0 Å². The van der Waals surface area contributed by atoms with E-state index in [0.29, 0.717) is 19.4 Å². The van der Waals surface area contributed by atoms with Crippen LogP contribution in [0.15, 0.2) is 84.9 Å². The van der Waals surface area contributed by atoms with Gasteiger partial charge in [0, 0.05) is 36.2 Å². The number of carbonyl (C=O) groups is 1. The third-order valence-electron chi connectivity index (χ3n) is 7.00. The highest BCUT2D eigenvalue weighted by Crippen LogP contribution is 2.47. The number of halogens is 1. The SMILES string of the molecule is CC(C)c1c(-c2ccccc2)c(-c2ccccc2)c(-c2ccc(F)cc2)n1CC[C@H]1C[C@H](O)CC(=O)O1. The van der Waals surface area contributed by atoms with Crippen molar-refractivity contribution in [1.29, 1.82) is 0 Å². The molecular weight excluding hydrogens is 465 g/mol. The van der Waals surface area contributed by atoms with Crippen molar-refractivity contribution >= 4 is 5.97 Å². The normalized spacial score (nSPS) is 17.7. The van der Waals surface area contributed by atoms with Gasteiger partial charge in [0.25, 0.3) is 0 Å². The number of esters is 1. The number of ether oxygens (including phenoxy) is 1. The third kappa shape index (κ3) is 5.23. The Labute approximate surface area is 217 Å². The van der Waals surface area contributed by atoms with Crippen LogP contribution in [-0.4, -0.2) is 27.9 Å². The molecule has 0 saturated carbocycles. The van der Waals surface area contributed by atoms with Crippen molar-refractivity contribution < 1.29 is 19.0 Å². The molecule has 0 aliphatic carbocycles. The lowest BCUT2D eigenvalue weighted by atomic mass is 9.91. The molecule has 1 aromatic heterocycles. The lowest BCUT2D eigenvalue weighted by Crippen LogP contribution is -2.33. The maximum Gasteiger partial charge on any atom is 0.308 e. The van der Waals surface area contributed by atoms with Gasteiger partial charge in [-0.1, -0.05) is 74.5 Å². The lowest BCUT2D eigenvalue weighted by molar-refractivity contribution is -0.160. The summed E-state index contributed by atoms with van der Waals surface area (Å²) in [7, 11) is 0. The molecule has 0 amide bonds. The Balaban J connectivity index is 1.75. The zero-order valence-corrected chi connectivity index (χ0v) is 21.2. The van der Waals surface area contributed by atoms with Crippen LogP contribution in [0.2, 0.25) is 0 Å². The second-order valence-electron chi connectivity index (χ2n) is 10.0. The first-order chi connectivity index (χ1) is 17.9. The number of nitrogens with zero attached hydrogens (tertiary/aromatic N) is 1. The fourth-order valence-electron chi connectivity index (χ4n) is 5.47. The van der Waals surface area contributed by atoms with Gasteiger partial charge in [-0.15, -0.1) is 0 Å². The van der Waals surface area contributed by atoms with Crippen molar-refractivity contribution in [2.24, 2.45) is 0 Å². The van der Waals surface area contributed by atoms with Crippen LogP contribution in [0.5, 0.6) is 0 Å². The fourth-order valence-corrected chi connectivity index (χ4v) is 5.47. The molecule has 1 aliphatic rings. The second kappa shape index (κ2) is 10.7. The summed E-state index contributed by atoms with van der Waals surface area (Å²) in [5, 5.41) is 10.2. The Morgan fingerprint density at radius 3 is 2.05 bits per heavy atom. The number of aliphatic hydroxyl groups is 1. The van der Waals surface area contributed by atoms with E-state index in [1.165, 1.54) is 17.8 Å². The van der Waals surface area contributed by atoms with Crippen LogP contribution in [0, 0.1) is 5.82 Å². The van der Waals surface area contributed by atoms with E-state index in [2.05, 4.69) is 42.7 Å².